The maximum Gasteiger partial charge on any atom is 0.334 e. The van der Waals surface area contributed by atoms with Crippen molar-refractivity contribution in [3.63, 3.8) is 0 Å². The number of hydrogen-bond donors (Lipinski definition) is 1. The SMILES string of the molecule is C=C1C(=O)O[C@H]2C/C(C)=C/CC[C@]3(C)O[C@H]3[C@H](O)[C@H]12. The summed E-state index contributed by atoms with van der Waals surface area (Å²) in [5.41, 5.74) is 1.29. The summed E-state index contributed by atoms with van der Waals surface area (Å²) in [4.78, 5) is 11.7. The smallest absolute Gasteiger partial charge is 0.334 e. The average Bonchev–Trinajstić information content (AvgIpc) is 2.92. The minimum atomic E-state index is -0.708. The molecule has 0 aromatic carbocycles. The van der Waals surface area contributed by atoms with Gasteiger partial charge in [0.15, 0.2) is 0 Å². The van der Waals surface area contributed by atoms with Gasteiger partial charge in [0, 0.05) is 12.0 Å². The van der Waals surface area contributed by atoms with E-state index < -0.39 is 6.10 Å². The molecule has 5 atom stereocenters. The van der Waals surface area contributed by atoms with Crippen molar-refractivity contribution in [2.45, 2.75) is 57.0 Å². The van der Waals surface area contributed by atoms with Crippen LogP contribution in [-0.4, -0.2) is 35.0 Å². The van der Waals surface area contributed by atoms with Crippen LogP contribution in [0, 0.1) is 5.92 Å². The van der Waals surface area contributed by atoms with Crippen molar-refractivity contribution in [2.75, 3.05) is 0 Å². The highest BCUT2D eigenvalue weighted by Crippen LogP contribution is 2.48. The van der Waals surface area contributed by atoms with Gasteiger partial charge in [-0.25, -0.2) is 4.79 Å². The highest BCUT2D eigenvalue weighted by molar-refractivity contribution is 5.91. The summed E-state index contributed by atoms with van der Waals surface area (Å²) in [5.74, 6) is -0.732. The monoisotopic (exact) mass is 264 g/mol. The number of ether oxygens (including phenoxy) is 2. The fourth-order valence-corrected chi connectivity index (χ4v) is 3.32. The average molecular weight is 264 g/mol. The summed E-state index contributed by atoms with van der Waals surface area (Å²) in [7, 11) is 0. The molecule has 4 nitrogen and oxygen atoms in total. The minimum Gasteiger partial charge on any atom is -0.458 e. The molecule has 0 amide bonds. The highest BCUT2D eigenvalue weighted by atomic mass is 16.6. The van der Waals surface area contributed by atoms with Crippen LogP contribution in [0.15, 0.2) is 23.8 Å². The number of esters is 1. The zero-order valence-electron chi connectivity index (χ0n) is 11.4. The van der Waals surface area contributed by atoms with E-state index in [-0.39, 0.29) is 29.7 Å². The molecule has 3 aliphatic rings. The van der Waals surface area contributed by atoms with Gasteiger partial charge in [-0.2, -0.15) is 0 Å². The Kier molecular flexibility index (Phi) is 2.84. The van der Waals surface area contributed by atoms with E-state index in [4.69, 9.17) is 9.47 Å². The second kappa shape index (κ2) is 4.18. The van der Waals surface area contributed by atoms with Gasteiger partial charge in [0.05, 0.1) is 17.6 Å². The van der Waals surface area contributed by atoms with E-state index in [0.29, 0.717) is 12.0 Å². The number of rotatable bonds is 0. The number of aliphatic hydroxyl groups is 1. The first-order chi connectivity index (χ1) is 8.92. The summed E-state index contributed by atoms with van der Waals surface area (Å²) >= 11 is 0. The lowest BCUT2D eigenvalue weighted by molar-refractivity contribution is -0.139. The maximum absolute atomic E-state index is 11.7. The van der Waals surface area contributed by atoms with E-state index in [0.717, 1.165) is 12.8 Å². The molecule has 3 rings (SSSR count). The van der Waals surface area contributed by atoms with E-state index in [1.54, 1.807) is 0 Å². The molecular formula is C15H20O4. The zero-order valence-corrected chi connectivity index (χ0v) is 11.4. The number of carbonyl (C=O) groups is 1. The Labute approximate surface area is 113 Å². The summed E-state index contributed by atoms with van der Waals surface area (Å²) in [6.45, 7) is 7.84. The van der Waals surface area contributed by atoms with E-state index >= 15 is 0 Å². The van der Waals surface area contributed by atoms with E-state index in [9.17, 15) is 9.90 Å². The molecule has 0 spiro atoms. The topological polar surface area (TPSA) is 59.1 Å². The number of epoxide rings is 1. The standard InChI is InChI=1S/C15H20O4/c1-8-5-4-6-15(3)13(19-15)12(16)11-9(2)14(17)18-10(11)7-8/h5,10-13,16H,2,4,6-7H2,1,3H3/b8-5+/t10-,11+,12+,13-,15-/m0/s1. The predicted molar refractivity (Wildman–Crippen MR) is 69.4 cm³/mol. The summed E-state index contributed by atoms with van der Waals surface area (Å²) in [6, 6.07) is 0. The van der Waals surface area contributed by atoms with Crippen LogP contribution in [0.3, 0.4) is 0 Å². The quantitative estimate of drug-likeness (QED) is 0.313. The second-order valence-corrected chi connectivity index (χ2v) is 6.13. The first kappa shape index (κ1) is 12.9. The van der Waals surface area contributed by atoms with Crippen LogP contribution in [0.5, 0.6) is 0 Å². The lowest BCUT2D eigenvalue weighted by Crippen LogP contribution is -2.36. The van der Waals surface area contributed by atoms with Crippen LogP contribution < -0.4 is 0 Å². The Morgan fingerprint density at radius 2 is 2.26 bits per heavy atom. The third-order valence-electron chi connectivity index (χ3n) is 4.60. The van der Waals surface area contributed by atoms with Crippen LogP contribution in [-0.2, 0) is 14.3 Å². The van der Waals surface area contributed by atoms with Crippen LogP contribution in [0.25, 0.3) is 0 Å². The van der Waals surface area contributed by atoms with Crippen LogP contribution in [0.2, 0.25) is 0 Å². The Morgan fingerprint density at radius 1 is 1.53 bits per heavy atom. The molecule has 0 bridgehead atoms. The minimum absolute atomic E-state index is 0.210. The highest BCUT2D eigenvalue weighted by Gasteiger charge is 2.60. The molecule has 1 N–H and O–H groups in total. The van der Waals surface area contributed by atoms with Crippen molar-refractivity contribution in [3.05, 3.63) is 23.8 Å². The molecule has 0 unspecified atom stereocenters. The molecule has 0 radical (unpaired) electrons. The molecule has 0 aromatic rings. The lowest BCUT2D eigenvalue weighted by atomic mass is 9.82. The fraction of sp³-hybridized carbons (Fsp3) is 0.667. The molecule has 2 saturated heterocycles. The number of fused-ring (bicyclic) bond motifs is 2. The second-order valence-electron chi connectivity index (χ2n) is 6.13. The summed E-state index contributed by atoms with van der Waals surface area (Å²) in [5, 5.41) is 10.5. The molecule has 2 aliphatic heterocycles. The van der Waals surface area contributed by atoms with E-state index in [1.165, 1.54) is 5.57 Å². The van der Waals surface area contributed by atoms with Gasteiger partial charge in [-0.05, 0) is 26.7 Å². The molecular weight excluding hydrogens is 244 g/mol. The Balaban J connectivity index is 1.92. The van der Waals surface area contributed by atoms with E-state index in [2.05, 4.69) is 12.7 Å². The van der Waals surface area contributed by atoms with Gasteiger partial charge >= 0.3 is 5.97 Å². The van der Waals surface area contributed by atoms with Gasteiger partial charge < -0.3 is 14.6 Å². The zero-order chi connectivity index (χ0) is 13.8. The van der Waals surface area contributed by atoms with Gasteiger partial charge in [-0.15, -0.1) is 0 Å². The molecule has 2 heterocycles. The number of hydrogen-bond acceptors (Lipinski definition) is 4. The Bertz CT molecular complexity index is 467. The molecule has 104 valence electrons. The Hall–Kier alpha value is -1.13. The molecule has 0 saturated carbocycles. The van der Waals surface area contributed by atoms with Gasteiger partial charge in [0.25, 0.3) is 0 Å². The van der Waals surface area contributed by atoms with Crippen LogP contribution in [0.1, 0.15) is 33.1 Å². The van der Waals surface area contributed by atoms with Crippen molar-refractivity contribution in [3.8, 4) is 0 Å². The van der Waals surface area contributed by atoms with Gasteiger partial charge in [-0.3, -0.25) is 0 Å². The van der Waals surface area contributed by atoms with E-state index in [1.807, 2.05) is 13.8 Å². The molecule has 2 fully saturated rings. The maximum atomic E-state index is 11.7. The Morgan fingerprint density at radius 3 is 3.00 bits per heavy atom. The third kappa shape index (κ3) is 2.03. The van der Waals surface area contributed by atoms with Crippen LogP contribution in [0.4, 0.5) is 0 Å². The van der Waals surface area contributed by atoms with Gasteiger partial charge in [0.1, 0.15) is 12.2 Å². The number of carbonyl (C=O) groups excluding carboxylic acids is 1. The molecule has 4 heteroatoms. The summed E-state index contributed by atoms with van der Waals surface area (Å²) < 4.78 is 11.0. The first-order valence-electron chi connectivity index (χ1n) is 6.84. The van der Waals surface area contributed by atoms with Gasteiger partial charge in [-0.1, -0.05) is 18.2 Å². The van der Waals surface area contributed by atoms with Crippen molar-refractivity contribution >= 4 is 5.97 Å². The first-order valence-corrected chi connectivity index (χ1v) is 6.84. The molecule has 1 aliphatic carbocycles. The molecule has 19 heavy (non-hydrogen) atoms. The normalized spacial score (nSPS) is 48.7. The van der Waals surface area contributed by atoms with Crippen molar-refractivity contribution in [1.29, 1.82) is 0 Å². The van der Waals surface area contributed by atoms with Crippen molar-refractivity contribution in [1.82, 2.24) is 0 Å². The van der Waals surface area contributed by atoms with Crippen molar-refractivity contribution < 1.29 is 19.4 Å². The third-order valence-corrected chi connectivity index (χ3v) is 4.60. The largest absolute Gasteiger partial charge is 0.458 e. The molecule has 0 aromatic heterocycles. The number of allylic oxidation sites excluding steroid dienone is 1. The van der Waals surface area contributed by atoms with Crippen molar-refractivity contribution in [2.24, 2.45) is 5.92 Å². The predicted octanol–water partition coefficient (Wildman–Crippen LogP) is 1.73. The summed E-state index contributed by atoms with van der Waals surface area (Å²) in [6.07, 6.45) is 3.43. The number of aliphatic hydroxyl groups excluding tert-OH is 1. The van der Waals surface area contributed by atoms with Gasteiger partial charge in [0.2, 0.25) is 0 Å². The fourth-order valence-electron chi connectivity index (χ4n) is 3.32. The van der Waals surface area contributed by atoms with Crippen LogP contribution >= 0.6 is 0 Å². The lowest BCUT2D eigenvalue weighted by Gasteiger charge is -2.24.